The number of hydrogen-bond donors (Lipinski definition) is 3. The van der Waals surface area contributed by atoms with Crippen molar-refractivity contribution in [1.29, 1.82) is 0 Å². The minimum atomic E-state index is -1.52. The topological polar surface area (TPSA) is 69.6 Å². The van der Waals surface area contributed by atoms with Gasteiger partial charge in [0, 0.05) is 0 Å². The van der Waals surface area contributed by atoms with E-state index >= 15 is 0 Å². The molecule has 15 heavy (non-hydrogen) atoms. The molecule has 0 aromatic heterocycles. The highest BCUT2D eigenvalue weighted by Crippen LogP contribution is 2.22. The van der Waals surface area contributed by atoms with E-state index in [0.29, 0.717) is 5.69 Å². The van der Waals surface area contributed by atoms with Gasteiger partial charge in [0.1, 0.15) is 5.82 Å². The molecule has 0 bridgehead atoms. The molecule has 1 aromatic rings. The molecule has 0 spiro atoms. The molecule has 0 amide bonds. The summed E-state index contributed by atoms with van der Waals surface area (Å²) in [6.45, 7) is -0.194. The van der Waals surface area contributed by atoms with Crippen LogP contribution in [-0.4, -0.2) is 28.8 Å². The second kappa shape index (κ2) is 4.95. The molecular weight excluding hydrogens is 225 g/mol. The lowest BCUT2D eigenvalue weighted by Crippen LogP contribution is -2.28. The molecule has 4 nitrogen and oxygen atoms in total. The van der Waals surface area contributed by atoms with E-state index in [0.717, 1.165) is 6.07 Å². The summed E-state index contributed by atoms with van der Waals surface area (Å²) in [5.74, 6) is -1.81. The summed E-state index contributed by atoms with van der Waals surface area (Å²) in [5.41, 5.74) is 0.373. The fraction of sp³-hybridized carbons (Fsp3) is 0.222. The predicted octanol–water partition coefficient (Wildman–Crippen LogP) is 1.34. The maximum absolute atomic E-state index is 12.6. The van der Waals surface area contributed by atoms with Gasteiger partial charge in [-0.3, -0.25) is 0 Å². The smallest absolute Gasteiger partial charge is 0.334 e. The summed E-state index contributed by atoms with van der Waals surface area (Å²) >= 11 is 5.66. The number of rotatable bonds is 4. The predicted molar refractivity (Wildman–Crippen MR) is 53.5 cm³/mol. The first-order chi connectivity index (χ1) is 7.00. The van der Waals surface area contributed by atoms with E-state index in [1.807, 2.05) is 0 Å². The van der Waals surface area contributed by atoms with Crippen molar-refractivity contribution in [1.82, 2.24) is 0 Å². The Kier molecular flexibility index (Phi) is 3.88. The van der Waals surface area contributed by atoms with Crippen molar-refractivity contribution in [3.8, 4) is 0 Å². The SMILES string of the molecule is O=C(O)C(O)CNc1ccc(F)cc1Cl. The van der Waals surface area contributed by atoms with Crippen LogP contribution in [0.2, 0.25) is 5.02 Å². The zero-order valence-electron chi connectivity index (χ0n) is 7.58. The molecular formula is C9H9ClFNO3. The molecule has 0 radical (unpaired) electrons. The number of carboxylic acids is 1. The normalized spacial score (nSPS) is 12.2. The van der Waals surface area contributed by atoms with E-state index < -0.39 is 17.9 Å². The van der Waals surface area contributed by atoms with Crippen LogP contribution in [0.3, 0.4) is 0 Å². The van der Waals surface area contributed by atoms with Crippen LogP contribution < -0.4 is 5.32 Å². The monoisotopic (exact) mass is 233 g/mol. The summed E-state index contributed by atoms with van der Waals surface area (Å²) in [7, 11) is 0. The third-order valence-electron chi connectivity index (χ3n) is 1.70. The van der Waals surface area contributed by atoms with Gasteiger partial charge >= 0.3 is 5.97 Å². The highest BCUT2D eigenvalue weighted by atomic mass is 35.5. The molecule has 0 fully saturated rings. The summed E-state index contributed by atoms with van der Waals surface area (Å²) in [6, 6.07) is 3.64. The van der Waals surface area contributed by atoms with Gasteiger partial charge in [-0.05, 0) is 18.2 Å². The number of hydrogen-bond acceptors (Lipinski definition) is 3. The van der Waals surface area contributed by atoms with Crippen molar-refractivity contribution < 1.29 is 19.4 Å². The second-order valence-electron chi connectivity index (χ2n) is 2.86. The first kappa shape index (κ1) is 11.7. The Morgan fingerprint density at radius 1 is 1.60 bits per heavy atom. The molecule has 6 heteroatoms. The van der Waals surface area contributed by atoms with Gasteiger partial charge in [0.25, 0.3) is 0 Å². The van der Waals surface area contributed by atoms with E-state index in [1.165, 1.54) is 12.1 Å². The molecule has 0 heterocycles. The van der Waals surface area contributed by atoms with Gasteiger partial charge in [-0.1, -0.05) is 11.6 Å². The van der Waals surface area contributed by atoms with E-state index in [9.17, 15) is 9.18 Å². The van der Waals surface area contributed by atoms with Crippen molar-refractivity contribution in [3.05, 3.63) is 29.0 Å². The minimum absolute atomic E-state index is 0.132. The van der Waals surface area contributed by atoms with Crippen molar-refractivity contribution in [3.63, 3.8) is 0 Å². The first-order valence-electron chi connectivity index (χ1n) is 4.10. The zero-order valence-corrected chi connectivity index (χ0v) is 8.33. The largest absolute Gasteiger partial charge is 0.479 e. The van der Waals surface area contributed by atoms with Gasteiger partial charge < -0.3 is 15.5 Å². The Labute approximate surface area is 90.3 Å². The highest BCUT2D eigenvalue weighted by Gasteiger charge is 2.12. The third kappa shape index (κ3) is 3.38. The number of aliphatic carboxylic acids is 1. The summed E-state index contributed by atoms with van der Waals surface area (Å²) in [5, 5.41) is 20.1. The summed E-state index contributed by atoms with van der Waals surface area (Å²) < 4.78 is 12.6. The van der Waals surface area contributed by atoms with Gasteiger partial charge in [-0.25, -0.2) is 9.18 Å². The van der Waals surface area contributed by atoms with E-state index in [2.05, 4.69) is 5.32 Å². The van der Waals surface area contributed by atoms with Gasteiger partial charge in [0.2, 0.25) is 0 Å². The van der Waals surface area contributed by atoms with E-state index in [1.54, 1.807) is 0 Å². The van der Waals surface area contributed by atoms with Crippen LogP contribution >= 0.6 is 11.6 Å². The van der Waals surface area contributed by atoms with Gasteiger partial charge in [0.05, 0.1) is 17.3 Å². The van der Waals surface area contributed by atoms with Crippen molar-refractivity contribution >= 4 is 23.3 Å². The van der Waals surface area contributed by atoms with Crippen molar-refractivity contribution in [2.75, 3.05) is 11.9 Å². The molecule has 3 N–H and O–H groups in total. The molecule has 0 aliphatic carbocycles. The van der Waals surface area contributed by atoms with Crippen LogP contribution in [0, 0.1) is 5.82 Å². The van der Waals surface area contributed by atoms with Crippen LogP contribution in [0.15, 0.2) is 18.2 Å². The average molecular weight is 234 g/mol. The quantitative estimate of drug-likeness (QED) is 0.734. The van der Waals surface area contributed by atoms with Crippen LogP contribution in [0.5, 0.6) is 0 Å². The number of aliphatic hydroxyl groups excluding tert-OH is 1. The number of aliphatic hydroxyl groups is 1. The number of benzene rings is 1. The molecule has 0 saturated heterocycles. The standard InChI is InChI=1S/C9H9ClFNO3/c10-6-3-5(11)1-2-7(6)12-4-8(13)9(14)15/h1-3,8,12-13H,4H2,(H,14,15). The Balaban J connectivity index is 2.62. The molecule has 0 aliphatic heterocycles. The highest BCUT2D eigenvalue weighted by molar-refractivity contribution is 6.33. The third-order valence-corrected chi connectivity index (χ3v) is 2.01. The number of halogens is 2. The Bertz CT molecular complexity index is 372. The van der Waals surface area contributed by atoms with Gasteiger partial charge in [-0.2, -0.15) is 0 Å². The van der Waals surface area contributed by atoms with Gasteiger partial charge in [0.15, 0.2) is 6.10 Å². The number of anilines is 1. The minimum Gasteiger partial charge on any atom is -0.479 e. The lowest BCUT2D eigenvalue weighted by atomic mass is 10.3. The maximum atomic E-state index is 12.6. The number of carboxylic acid groups (broad SMARTS) is 1. The summed E-state index contributed by atoms with van der Waals surface area (Å²) in [4.78, 5) is 10.3. The van der Waals surface area contributed by atoms with E-state index in [-0.39, 0.29) is 11.6 Å². The molecule has 1 atom stereocenters. The molecule has 1 rings (SSSR count). The Morgan fingerprint density at radius 2 is 2.27 bits per heavy atom. The average Bonchev–Trinajstić information content (AvgIpc) is 2.15. The number of carbonyl (C=O) groups is 1. The van der Waals surface area contributed by atoms with Gasteiger partial charge in [-0.15, -0.1) is 0 Å². The Morgan fingerprint density at radius 3 is 2.80 bits per heavy atom. The molecule has 82 valence electrons. The maximum Gasteiger partial charge on any atom is 0.334 e. The van der Waals surface area contributed by atoms with Crippen LogP contribution in [0.1, 0.15) is 0 Å². The molecule has 1 unspecified atom stereocenters. The summed E-state index contributed by atoms with van der Waals surface area (Å²) in [6.07, 6.45) is -1.52. The number of nitrogens with one attached hydrogen (secondary N) is 1. The molecule has 0 aliphatic rings. The van der Waals surface area contributed by atoms with E-state index in [4.69, 9.17) is 21.8 Å². The van der Waals surface area contributed by atoms with Crippen LogP contribution in [0.25, 0.3) is 0 Å². The van der Waals surface area contributed by atoms with Crippen molar-refractivity contribution in [2.45, 2.75) is 6.10 Å². The molecule has 1 aromatic carbocycles. The molecule has 0 saturated carbocycles. The first-order valence-corrected chi connectivity index (χ1v) is 4.48. The Hall–Kier alpha value is -1.33. The van der Waals surface area contributed by atoms with Crippen LogP contribution in [-0.2, 0) is 4.79 Å². The lowest BCUT2D eigenvalue weighted by Gasteiger charge is -2.10. The fourth-order valence-corrected chi connectivity index (χ4v) is 1.16. The van der Waals surface area contributed by atoms with Crippen molar-refractivity contribution in [2.24, 2.45) is 0 Å². The van der Waals surface area contributed by atoms with Crippen LogP contribution in [0.4, 0.5) is 10.1 Å². The second-order valence-corrected chi connectivity index (χ2v) is 3.27. The lowest BCUT2D eigenvalue weighted by molar-refractivity contribution is -0.145. The fourth-order valence-electron chi connectivity index (χ4n) is 0.927. The zero-order chi connectivity index (χ0) is 11.4.